The normalized spacial score (nSPS) is 20.9. The van der Waals surface area contributed by atoms with Gasteiger partial charge in [-0.05, 0) is 23.8 Å². The number of aliphatic hydroxyl groups excluding tert-OH is 2. The van der Waals surface area contributed by atoms with E-state index in [1.807, 2.05) is 0 Å². The van der Waals surface area contributed by atoms with Gasteiger partial charge in [-0.2, -0.15) is 8.42 Å². The Labute approximate surface area is 290 Å². The third-order valence-corrected chi connectivity index (χ3v) is 7.81. The van der Waals surface area contributed by atoms with Gasteiger partial charge in [-0.15, -0.1) is 0 Å². The Kier molecular flexibility index (Phi) is 14.3. The van der Waals surface area contributed by atoms with E-state index in [1.165, 1.54) is 37.3 Å². The number of benzene rings is 1. The second-order valence-corrected chi connectivity index (χ2v) is 12.6. The molecular formula is C30H36N4O16S. The first-order chi connectivity index (χ1) is 23.9. The van der Waals surface area contributed by atoms with Gasteiger partial charge in [-0.1, -0.05) is 12.1 Å². The van der Waals surface area contributed by atoms with Gasteiger partial charge in [0, 0.05) is 51.4 Å². The number of carbonyl (C=O) groups excluding carboxylic acids is 6. The Morgan fingerprint density at radius 1 is 1.08 bits per heavy atom. The number of hydrogen-bond donors (Lipinski definition) is 7. The molecule has 21 heteroatoms. The fourth-order valence-electron chi connectivity index (χ4n) is 4.58. The molecule has 51 heavy (non-hydrogen) atoms. The highest BCUT2D eigenvalue weighted by Crippen LogP contribution is 2.31. The highest BCUT2D eigenvalue weighted by Gasteiger charge is 2.41. The highest BCUT2D eigenvalue weighted by molar-refractivity contribution is 7.85. The van der Waals surface area contributed by atoms with Crippen molar-refractivity contribution in [2.24, 2.45) is 0 Å². The molecule has 1 aromatic rings. The average Bonchev–Trinajstić information content (AvgIpc) is 3.36. The number of imide groups is 1. The van der Waals surface area contributed by atoms with Gasteiger partial charge in [0.05, 0.1) is 11.8 Å². The molecule has 1 fully saturated rings. The Morgan fingerprint density at radius 2 is 1.76 bits per heavy atom. The van der Waals surface area contributed by atoms with E-state index in [4.69, 9.17) is 14.2 Å². The molecule has 278 valence electrons. The molecule has 2 aliphatic heterocycles. The molecule has 2 heterocycles. The first kappa shape index (κ1) is 40.2. The minimum atomic E-state index is -4.80. The number of aliphatic carboxylic acids is 1. The summed E-state index contributed by atoms with van der Waals surface area (Å²) in [6.07, 6.45) is -2.69. The van der Waals surface area contributed by atoms with Crippen LogP contribution in [-0.2, 0) is 53.2 Å². The van der Waals surface area contributed by atoms with E-state index in [-0.39, 0.29) is 24.6 Å². The van der Waals surface area contributed by atoms with Crippen LogP contribution in [-0.4, -0.2) is 131 Å². The molecule has 5 amide bonds. The van der Waals surface area contributed by atoms with E-state index in [9.17, 15) is 61.9 Å². The van der Waals surface area contributed by atoms with E-state index in [0.29, 0.717) is 5.56 Å². The van der Waals surface area contributed by atoms with Gasteiger partial charge in [0.2, 0.25) is 24.0 Å². The van der Waals surface area contributed by atoms with Crippen LogP contribution in [0.25, 0.3) is 6.08 Å². The van der Waals surface area contributed by atoms with Gasteiger partial charge in [0.25, 0.3) is 21.9 Å². The maximum Gasteiger partial charge on any atom is 0.333 e. The number of amides is 5. The van der Waals surface area contributed by atoms with Crippen molar-refractivity contribution in [2.45, 2.75) is 56.8 Å². The van der Waals surface area contributed by atoms with E-state index in [1.54, 1.807) is 0 Å². The molecular weight excluding hydrogens is 704 g/mol. The lowest BCUT2D eigenvalue weighted by atomic mass is 10.0. The van der Waals surface area contributed by atoms with Crippen LogP contribution in [0, 0.1) is 0 Å². The standard InChI is InChI=1S/C30H36N4O16S/c1-16(35)48-12-2-3-17-4-5-21(49-30-27(41)20(36)14-22(50-30)29(43)44)18(13-17)32-23(37)8-10-31-28(42)19(15-51(45,46)47)33-24(38)9-11-34-25(39)6-7-26(34)40/h2-7,13,19-20,22,27,30,36,41H,8-12,14-15H2,1H3,(H,31,42)(H,32,37)(H,33,38)(H,43,44)(H,45,46,47)/b3-2+/t19-,20-,22-,27?,30+/m0/s1. The minimum absolute atomic E-state index is 0.0367. The first-order valence-electron chi connectivity index (χ1n) is 15.1. The summed E-state index contributed by atoms with van der Waals surface area (Å²) < 4.78 is 48.1. The third-order valence-electron chi connectivity index (χ3n) is 7.06. The molecule has 2 aliphatic rings. The molecule has 1 saturated heterocycles. The summed E-state index contributed by atoms with van der Waals surface area (Å²) in [5.41, 5.74) is 0.413. The van der Waals surface area contributed by atoms with E-state index < -0.39 is 114 Å². The van der Waals surface area contributed by atoms with Gasteiger partial charge in [-0.25, -0.2) is 4.79 Å². The van der Waals surface area contributed by atoms with Crippen LogP contribution in [0.3, 0.4) is 0 Å². The first-order valence-corrected chi connectivity index (χ1v) is 16.7. The zero-order valence-electron chi connectivity index (χ0n) is 26.9. The zero-order chi connectivity index (χ0) is 37.9. The molecule has 7 N–H and O–H groups in total. The number of carboxylic acids is 1. The largest absolute Gasteiger partial charge is 0.479 e. The van der Waals surface area contributed by atoms with Crippen molar-refractivity contribution in [3.8, 4) is 5.75 Å². The predicted molar refractivity (Wildman–Crippen MR) is 171 cm³/mol. The Balaban J connectivity index is 1.67. The molecule has 3 rings (SSSR count). The van der Waals surface area contributed by atoms with E-state index in [2.05, 4.69) is 16.0 Å². The summed E-state index contributed by atoms with van der Waals surface area (Å²) in [5, 5.41) is 36.7. The fraction of sp³-hybridized carbons (Fsp3) is 0.433. The number of aliphatic hydroxyl groups is 2. The molecule has 0 aromatic heterocycles. The van der Waals surface area contributed by atoms with Gasteiger partial charge in [0.1, 0.15) is 30.3 Å². The van der Waals surface area contributed by atoms with Crippen LogP contribution in [0.15, 0.2) is 36.4 Å². The Morgan fingerprint density at radius 3 is 2.39 bits per heavy atom. The molecule has 5 atom stereocenters. The molecule has 0 spiro atoms. The van der Waals surface area contributed by atoms with Crippen LogP contribution in [0.4, 0.5) is 5.69 Å². The number of anilines is 1. The summed E-state index contributed by atoms with van der Waals surface area (Å²) in [5.74, 6) is -7.39. The van der Waals surface area contributed by atoms with Crippen molar-refractivity contribution in [1.82, 2.24) is 15.5 Å². The van der Waals surface area contributed by atoms with Crippen molar-refractivity contribution < 1.29 is 76.1 Å². The van der Waals surface area contributed by atoms with Crippen LogP contribution >= 0.6 is 0 Å². The zero-order valence-corrected chi connectivity index (χ0v) is 27.7. The summed E-state index contributed by atoms with van der Waals surface area (Å²) in [7, 11) is -4.80. The summed E-state index contributed by atoms with van der Waals surface area (Å²) in [6, 6.07) is 2.41. The molecule has 1 aromatic carbocycles. The smallest absolute Gasteiger partial charge is 0.333 e. The average molecular weight is 741 g/mol. The van der Waals surface area contributed by atoms with Crippen LogP contribution in [0.1, 0.15) is 31.7 Å². The molecule has 0 aliphatic carbocycles. The number of carbonyl (C=O) groups is 7. The lowest BCUT2D eigenvalue weighted by Gasteiger charge is -2.35. The Bertz CT molecular complexity index is 1680. The molecule has 20 nitrogen and oxygen atoms in total. The second-order valence-electron chi connectivity index (χ2n) is 11.1. The molecule has 1 unspecified atom stereocenters. The quantitative estimate of drug-likeness (QED) is 0.0502. The SMILES string of the molecule is CC(=O)OC/C=C/c1ccc(O[C@@H]2O[C@H](C(=O)O)C[C@H](O)C2O)c(NC(=O)CCNC(=O)[C@H](CS(=O)(=O)O)NC(=O)CCN2C(=O)C=CC2=O)c1. The monoisotopic (exact) mass is 740 g/mol. The number of carboxylic acid groups (broad SMARTS) is 1. The number of nitrogens with zero attached hydrogens (tertiary/aromatic N) is 1. The van der Waals surface area contributed by atoms with Crippen LogP contribution < -0.4 is 20.7 Å². The molecule has 0 radical (unpaired) electrons. The van der Waals surface area contributed by atoms with Crippen LogP contribution in [0.5, 0.6) is 5.75 Å². The van der Waals surface area contributed by atoms with Crippen LogP contribution in [0.2, 0.25) is 0 Å². The summed E-state index contributed by atoms with van der Waals surface area (Å²) in [6.45, 7) is 0.370. The van der Waals surface area contributed by atoms with Crippen molar-refractivity contribution in [2.75, 3.05) is 30.8 Å². The predicted octanol–water partition coefficient (Wildman–Crippen LogP) is -2.30. The van der Waals surface area contributed by atoms with Gasteiger partial charge < -0.3 is 45.5 Å². The number of esters is 1. The lowest BCUT2D eigenvalue weighted by Crippen LogP contribution is -2.52. The second kappa shape index (κ2) is 18.1. The van der Waals surface area contributed by atoms with Gasteiger partial charge in [0.15, 0.2) is 6.10 Å². The number of nitrogens with one attached hydrogen (secondary N) is 3. The highest BCUT2D eigenvalue weighted by atomic mass is 32.2. The number of ether oxygens (including phenoxy) is 3. The Hall–Kier alpha value is -5.22. The lowest BCUT2D eigenvalue weighted by molar-refractivity contribution is -0.238. The minimum Gasteiger partial charge on any atom is -0.479 e. The third kappa shape index (κ3) is 12.9. The molecule has 0 bridgehead atoms. The van der Waals surface area contributed by atoms with E-state index in [0.717, 1.165) is 17.1 Å². The fourth-order valence-corrected chi connectivity index (χ4v) is 5.24. The molecule has 0 saturated carbocycles. The number of rotatable bonds is 17. The summed E-state index contributed by atoms with van der Waals surface area (Å²) >= 11 is 0. The number of hydrogen-bond acceptors (Lipinski definition) is 14. The van der Waals surface area contributed by atoms with Crippen molar-refractivity contribution in [3.63, 3.8) is 0 Å². The van der Waals surface area contributed by atoms with Gasteiger partial charge >= 0.3 is 11.9 Å². The summed E-state index contributed by atoms with van der Waals surface area (Å²) in [4.78, 5) is 84.7. The van der Waals surface area contributed by atoms with E-state index >= 15 is 0 Å². The maximum atomic E-state index is 12.9. The van der Waals surface area contributed by atoms with Crippen molar-refractivity contribution >= 4 is 63.4 Å². The van der Waals surface area contributed by atoms with Gasteiger partial charge in [-0.3, -0.25) is 38.2 Å². The topological polar surface area (TPSA) is 302 Å². The van der Waals surface area contributed by atoms with Crippen molar-refractivity contribution in [3.05, 3.63) is 42.0 Å². The maximum absolute atomic E-state index is 12.9. The van der Waals surface area contributed by atoms with Crippen molar-refractivity contribution in [1.29, 1.82) is 0 Å².